The topological polar surface area (TPSA) is 27.8 Å². The molecule has 1 aromatic rings. The highest BCUT2D eigenvalue weighted by Crippen LogP contribution is 1.93. The number of rotatable bonds is 4. The normalized spacial score (nSPS) is 10.1. The van der Waals surface area contributed by atoms with Crippen molar-refractivity contribution in [2.24, 2.45) is 0 Å². The summed E-state index contributed by atoms with van der Waals surface area (Å²) < 4.78 is 0. The first kappa shape index (κ1) is 7.82. The lowest BCUT2D eigenvalue weighted by atomic mass is 10.3. The zero-order valence-electron chi connectivity index (χ0n) is 5.73. The zero-order chi connectivity index (χ0) is 7.23. The van der Waals surface area contributed by atoms with Gasteiger partial charge in [0.05, 0.1) is 5.45 Å². The average molecular weight is 203 g/mol. The van der Waals surface area contributed by atoms with E-state index in [1.165, 1.54) is 5.69 Å². The van der Waals surface area contributed by atoms with Crippen LogP contribution in [0.15, 0.2) is 18.3 Å². The van der Waals surface area contributed by atoms with Gasteiger partial charge in [-0.15, -0.1) is 0 Å². The fraction of sp³-hybridized carbons (Fsp3) is 0.429. The summed E-state index contributed by atoms with van der Waals surface area (Å²) in [6.07, 6.45) is 3.02. The van der Waals surface area contributed by atoms with E-state index >= 15 is 0 Å². The maximum atomic E-state index is 3.29. The number of hydrogen-bond acceptors (Lipinski definition) is 1. The molecule has 0 bridgehead atoms. The molecule has 56 valence electrons. The Balaban J connectivity index is 2.15. The van der Waals surface area contributed by atoms with Crippen LogP contribution in [0.25, 0.3) is 0 Å². The van der Waals surface area contributed by atoms with Crippen molar-refractivity contribution in [3.05, 3.63) is 24.0 Å². The Morgan fingerprint density at radius 1 is 1.60 bits per heavy atom. The summed E-state index contributed by atoms with van der Waals surface area (Å²) in [6, 6.07) is 4.11. The first-order valence-electron chi connectivity index (χ1n) is 3.32. The largest absolute Gasteiger partial charge is 0.365 e. The molecule has 2 N–H and O–H groups in total. The maximum Gasteiger partial charge on any atom is 0.0517 e. The summed E-state index contributed by atoms with van der Waals surface area (Å²) in [5.74, 6) is 0. The van der Waals surface area contributed by atoms with E-state index in [-0.39, 0.29) is 0 Å². The van der Waals surface area contributed by atoms with Gasteiger partial charge in [0.1, 0.15) is 0 Å². The van der Waals surface area contributed by atoms with Crippen LogP contribution in [0.2, 0.25) is 0 Å². The summed E-state index contributed by atoms with van der Waals surface area (Å²) in [5.41, 5.74) is 2.15. The SMILES string of the molecule is BrCNCCc1ccc[nH]1. The van der Waals surface area contributed by atoms with Crippen LogP contribution in [0, 0.1) is 0 Å². The number of nitrogens with one attached hydrogen (secondary N) is 2. The third kappa shape index (κ3) is 2.54. The van der Waals surface area contributed by atoms with Crippen LogP contribution in [0.4, 0.5) is 0 Å². The molecule has 1 rings (SSSR count). The minimum absolute atomic E-state index is 0.869. The van der Waals surface area contributed by atoms with Crippen molar-refractivity contribution in [3.8, 4) is 0 Å². The zero-order valence-corrected chi connectivity index (χ0v) is 7.32. The molecule has 0 aromatic carbocycles. The maximum absolute atomic E-state index is 3.29. The fourth-order valence-corrected chi connectivity index (χ4v) is 1.09. The van der Waals surface area contributed by atoms with E-state index in [0.29, 0.717) is 0 Å². The van der Waals surface area contributed by atoms with E-state index in [9.17, 15) is 0 Å². The van der Waals surface area contributed by atoms with Crippen molar-refractivity contribution in [1.82, 2.24) is 10.3 Å². The smallest absolute Gasteiger partial charge is 0.0517 e. The van der Waals surface area contributed by atoms with Gasteiger partial charge < -0.3 is 10.3 Å². The molecule has 0 aliphatic heterocycles. The van der Waals surface area contributed by atoms with Crippen molar-refractivity contribution < 1.29 is 0 Å². The second-order valence-electron chi connectivity index (χ2n) is 2.08. The molecule has 0 atom stereocenters. The third-order valence-electron chi connectivity index (χ3n) is 1.33. The summed E-state index contributed by atoms with van der Waals surface area (Å²) in [6.45, 7) is 1.02. The molecule has 1 aromatic heterocycles. The number of halogens is 1. The van der Waals surface area contributed by atoms with Gasteiger partial charge in [-0.3, -0.25) is 0 Å². The molecule has 10 heavy (non-hydrogen) atoms. The van der Waals surface area contributed by atoms with Crippen LogP contribution in [-0.2, 0) is 6.42 Å². The molecule has 2 nitrogen and oxygen atoms in total. The van der Waals surface area contributed by atoms with E-state index in [0.717, 1.165) is 18.4 Å². The predicted octanol–water partition coefficient (Wildman–Crippen LogP) is 1.50. The Bertz CT molecular complexity index is 160. The van der Waals surface area contributed by atoms with E-state index in [1.807, 2.05) is 12.3 Å². The highest BCUT2D eigenvalue weighted by atomic mass is 79.9. The Morgan fingerprint density at radius 2 is 2.50 bits per heavy atom. The van der Waals surface area contributed by atoms with E-state index in [4.69, 9.17) is 0 Å². The molecular weight excluding hydrogens is 192 g/mol. The van der Waals surface area contributed by atoms with Gasteiger partial charge in [-0.1, -0.05) is 15.9 Å². The quantitative estimate of drug-likeness (QED) is 0.433. The molecule has 0 saturated heterocycles. The molecule has 0 unspecified atom stereocenters. The van der Waals surface area contributed by atoms with E-state index in [2.05, 4.69) is 32.3 Å². The number of alkyl halides is 1. The van der Waals surface area contributed by atoms with Crippen molar-refractivity contribution in [2.75, 3.05) is 12.0 Å². The van der Waals surface area contributed by atoms with Gasteiger partial charge in [0.25, 0.3) is 0 Å². The summed E-state index contributed by atoms with van der Waals surface area (Å²) >= 11 is 3.29. The highest BCUT2D eigenvalue weighted by Gasteiger charge is 1.89. The first-order valence-corrected chi connectivity index (χ1v) is 4.44. The van der Waals surface area contributed by atoms with Gasteiger partial charge in [0, 0.05) is 18.4 Å². The van der Waals surface area contributed by atoms with Crippen molar-refractivity contribution in [2.45, 2.75) is 6.42 Å². The van der Waals surface area contributed by atoms with Crippen LogP contribution >= 0.6 is 15.9 Å². The van der Waals surface area contributed by atoms with Crippen LogP contribution in [0.5, 0.6) is 0 Å². The molecule has 0 fully saturated rings. The number of aromatic amines is 1. The van der Waals surface area contributed by atoms with Crippen LogP contribution in [-0.4, -0.2) is 17.0 Å². The lowest BCUT2D eigenvalue weighted by molar-refractivity contribution is 0.768. The summed E-state index contributed by atoms with van der Waals surface area (Å²) in [5, 5.41) is 3.18. The highest BCUT2D eigenvalue weighted by molar-refractivity contribution is 9.09. The molecule has 1 heterocycles. The number of H-pyrrole nitrogens is 1. The minimum atomic E-state index is 0.869. The third-order valence-corrected chi connectivity index (χ3v) is 1.72. The molecule has 0 amide bonds. The number of hydrogen-bond donors (Lipinski definition) is 2. The molecule has 0 aliphatic carbocycles. The molecule has 0 saturated carbocycles. The van der Waals surface area contributed by atoms with Crippen molar-refractivity contribution >= 4 is 15.9 Å². The standard InChI is InChI=1S/C7H11BrN2/c8-6-9-5-3-7-2-1-4-10-7/h1-2,4,9-10H,3,5-6H2. The first-order chi connectivity index (χ1) is 4.93. The van der Waals surface area contributed by atoms with Gasteiger partial charge in [-0.05, 0) is 18.6 Å². The van der Waals surface area contributed by atoms with Gasteiger partial charge in [0.15, 0.2) is 0 Å². The van der Waals surface area contributed by atoms with Gasteiger partial charge in [-0.25, -0.2) is 0 Å². The van der Waals surface area contributed by atoms with E-state index in [1.54, 1.807) is 0 Å². The average Bonchev–Trinajstić information content (AvgIpc) is 2.41. The van der Waals surface area contributed by atoms with E-state index < -0.39 is 0 Å². The Kier molecular flexibility index (Phi) is 3.54. The minimum Gasteiger partial charge on any atom is -0.365 e. The lowest BCUT2D eigenvalue weighted by Crippen LogP contribution is -2.14. The molecule has 0 spiro atoms. The lowest BCUT2D eigenvalue weighted by Gasteiger charge is -1.96. The second kappa shape index (κ2) is 4.52. The van der Waals surface area contributed by atoms with Crippen molar-refractivity contribution in [1.29, 1.82) is 0 Å². The Labute approximate surface area is 69.2 Å². The monoisotopic (exact) mass is 202 g/mol. The molecule has 0 aliphatic rings. The van der Waals surface area contributed by atoms with Gasteiger partial charge in [0.2, 0.25) is 0 Å². The summed E-state index contributed by atoms with van der Waals surface area (Å²) in [7, 11) is 0. The Hall–Kier alpha value is -0.280. The number of aromatic nitrogens is 1. The van der Waals surface area contributed by atoms with Crippen LogP contribution < -0.4 is 5.32 Å². The fourth-order valence-electron chi connectivity index (χ4n) is 0.813. The Morgan fingerprint density at radius 3 is 3.10 bits per heavy atom. The molecule has 0 radical (unpaired) electrons. The van der Waals surface area contributed by atoms with Gasteiger partial charge >= 0.3 is 0 Å². The van der Waals surface area contributed by atoms with Crippen LogP contribution in [0.3, 0.4) is 0 Å². The summed E-state index contributed by atoms with van der Waals surface area (Å²) in [4.78, 5) is 3.14. The molecular formula is C7H11BrN2. The van der Waals surface area contributed by atoms with Gasteiger partial charge in [-0.2, -0.15) is 0 Å². The van der Waals surface area contributed by atoms with Crippen LogP contribution in [0.1, 0.15) is 5.69 Å². The predicted molar refractivity (Wildman–Crippen MR) is 46.3 cm³/mol. The molecule has 3 heteroatoms. The second-order valence-corrected chi connectivity index (χ2v) is 2.64. The van der Waals surface area contributed by atoms with Crippen molar-refractivity contribution in [3.63, 3.8) is 0 Å².